The smallest absolute Gasteiger partial charge is 0.762 e. The van der Waals surface area contributed by atoms with E-state index >= 15 is 0 Å². The van der Waals surface area contributed by atoms with Crippen LogP contribution in [-0.4, -0.2) is 24.9 Å². The van der Waals surface area contributed by atoms with Crippen molar-refractivity contribution in [2.75, 3.05) is 7.05 Å². The van der Waals surface area contributed by atoms with E-state index in [0.717, 1.165) is 22.7 Å². The van der Waals surface area contributed by atoms with Crippen molar-refractivity contribution in [3.8, 4) is 0 Å². The predicted molar refractivity (Wildman–Crippen MR) is 156 cm³/mol. The van der Waals surface area contributed by atoms with Gasteiger partial charge in [0.2, 0.25) is 5.69 Å². The molecule has 206 valence electrons. The predicted octanol–water partition coefficient (Wildman–Crippen LogP) is 5.79. The molecule has 0 radical (unpaired) electrons. The number of aryl methyl sites for hydroxylation is 2. The third kappa shape index (κ3) is 6.89. The molecule has 0 unspecified atom stereocenters. The molecule has 0 saturated heterocycles. The minimum Gasteiger partial charge on any atom is -1.00 e. The molecule has 40 heavy (non-hydrogen) atoms. The van der Waals surface area contributed by atoms with Crippen LogP contribution in [0.2, 0.25) is 0 Å². The molecule has 0 amide bonds. The number of nitrogens with zero attached hydrogens (tertiary/aromatic N) is 1. The lowest BCUT2D eigenvalue weighted by atomic mass is 9.81. The molecule has 0 bridgehead atoms. The third-order valence-corrected chi connectivity index (χ3v) is 6.99. The van der Waals surface area contributed by atoms with Crippen LogP contribution >= 0.6 is 0 Å². The fourth-order valence-electron chi connectivity index (χ4n) is 4.91. The Morgan fingerprint density at radius 3 is 1.93 bits per heavy atom. The Balaban J connectivity index is 0.000000828. The largest absolute Gasteiger partial charge is 1.00 e. The zero-order valence-corrected chi connectivity index (χ0v) is 23.3. The van der Waals surface area contributed by atoms with Gasteiger partial charge in [-0.15, -0.1) is 0 Å². The van der Waals surface area contributed by atoms with Crippen LogP contribution in [-0.2, 0) is 10.2 Å². The monoisotopic (exact) mass is 545 g/mol. The van der Waals surface area contributed by atoms with Crippen molar-refractivity contribution in [1.82, 2.24) is 0 Å². The van der Waals surface area contributed by atoms with Gasteiger partial charge in [-0.3, -0.25) is 12.9 Å². The molecule has 3 aromatic rings. The van der Waals surface area contributed by atoms with Gasteiger partial charge in [0, 0.05) is 23.3 Å². The van der Waals surface area contributed by atoms with Crippen LogP contribution in [0.4, 0.5) is 18.6 Å². The Kier molecular flexibility index (Phi) is 9.75. The zero-order valence-electron chi connectivity index (χ0n) is 23.3. The Morgan fingerprint density at radius 2 is 1.35 bits per heavy atom. The second-order valence-electron chi connectivity index (χ2n) is 10.2. The normalized spacial score (nSPS) is 16.4. The molecular weight excluding hydrogens is 513 g/mol. The number of halogens is 4. The lowest BCUT2D eigenvalue weighted by Crippen LogP contribution is -3.00. The maximum absolute atomic E-state index is 9.67. The number of para-hydroxylation sites is 1. The Bertz CT molecular complexity index is 1500. The van der Waals surface area contributed by atoms with Crippen LogP contribution in [0.5, 0.6) is 0 Å². The van der Waals surface area contributed by atoms with Crippen molar-refractivity contribution >= 4 is 30.3 Å². The highest BCUT2D eigenvalue weighted by atomic mass is 19.4. The third-order valence-electron chi connectivity index (χ3n) is 6.99. The second kappa shape index (κ2) is 12.8. The van der Waals surface area contributed by atoms with E-state index in [9.17, 15) is 12.9 Å². The van der Waals surface area contributed by atoms with E-state index in [0.29, 0.717) is 0 Å². The van der Waals surface area contributed by atoms with Gasteiger partial charge < -0.3 is 9.44 Å². The van der Waals surface area contributed by atoms with Crippen molar-refractivity contribution in [3.63, 3.8) is 0 Å². The van der Waals surface area contributed by atoms with Gasteiger partial charge in [-0.25, -0.2) is 0 Å². The standard InChI is InChI=1S/C33H32NO.BF3.FH/c1-23-13-17-25(18-14-23)27-21-28(35-31(22-27)26-19-15-24(2)16-20-26)9-8-12-32-33(3,4)29-10-6-7-11-30(29)34(32)5;2-1(3)4;/h6-22H,1-5H3;;1H/q+1;;/p-1. The molecule has 0 atom stereocenters. The summed E-state index contributed by atoms with van der Waals surface area (Å²) in [5.74, 6) is 1.69. The molecule has 0 saturated carbocycles. The highest BCUT2D eigenvalue weighted by Crippen LogP contribution is 2.39. The molecular formula is C33H32BF4NO. The van der Waals surface area contributed by atoms with Gasteiger partial charge in [0.15, 0.2) is 5.71 Å². The Morgan fingerprint density at radius 1 is 0.800 bits per heavy atom. The van der Waals surface area contributed by atoms with Crippen molar-refractivity contribution < 1.29 is 27.0 Å². The molecule has 5 rings (SSSR count). The summed E-state index contributed by atoms with van der Waals surface area (Å²) in [4.78, 5) is 0. The van der Waals surface area contributed by atoms with E-state index in [-0.39, 0.29) is 10.1 Å². The van der Waals surface area contributed by atoms with Gasteiger partial charge >= 0.3 is 7.54 Å². The quantitative estimate of drug-likeness (QED) is 0.230. The first-order valence-electron chi connectivity index (χ1n) is 12.8. The van der Waals surface area contributed by atoms with Crippen molar-refractivity contribution in [1.29, 1.82) is 0 Å². The molecule has 2 aliphatic heterocycles. The molecule has 3 aromatic carbocycles. The Hall–Kier alpha value is -4.13. The lowest BCUT2D eigenvalue weighted by molar-refractivity contribution is -0.401. The molecule has 0 aromatic heterocycles. The van der Waals surface area contributed by atoms with Gasteiger partial charge in [0.05, 0.1) is 5.41 Å². The second-order valence-corrected chi connectivity index (χ2v) is 10.2. The van der Waals surface area contributed by atoms with E-state index in [1.165, 1.54) is 33.7 Å². The summed E-state index contributed by atoms with van der Waals surface area (Å²) in [6, 6.07) is 25.8. The minimum atomic E-state index is -3.67. The average molecular weight is 545 g/mol. The zero-order chi connectivity index (χ0) is 28.2. The van der Waals surface area contributed by atoms with E-state index in [1.54, 1.807) is 0 Å². The van der Waals surface area contributed by atoms with E-state index in [2.05, 4.69) is 142 Å². The summed E-state index contributed by atoms with van der Waals surface area (Å²) < 4.78 is 37.7. The SMILES string of the molecule is Cc1ccc(C2=CC(=CC=CC3=[N+](C)c4ccccc4C3(C)C)OC(c3ccc(C)cc3)=C2)cc1.FB(F)F.[F-]. The number of rotatable bonds is 4. The first-order valence-corrected chi connectivity index (χ1v) is 12.8. The summed E-state index contributed by atoms with van der Waals surface area (Å²) in [7, 11) is -1.52. The fourth-order valence-corrected chi connectivity index (χ4v) is 4.91. The maximum atomic E-state index is 9.67. The first-order chi connectivity index (χ1) is 18.6. The van der Waals surface area contributed by atoms with Crippen molar-refractivity contribution in [2.45, 2.75) is 33.1 Å². The highest BCUT2D eigenvalue weighted by molar-refractivity contribution is 6.33. The van der Waals surface area contributed by atoms with E-state index in [1.807, 2.05) is 0 Å². The molecule has 2 heterocycles. The number of ether oxygens (including phenoxy) is 1. The highest BCUT2D eigenvalue weighted by Gasteiger charge is 2.42. The fraction of sp³-hybridized carbons (Fsp3) is 0.182. The van der Waals surface area contributed by atoms with Gasteiger partial charge in [-0.1, -0.05) is 83.9 Å². The molecule has 2 aliphatic rings. The van der Waals surface area contributed by atoms with Gasteiger partial charge in [-0.2, -0.15) is 4.58 Å². The number of allylic oxidation sites excluding steroid dienone is 6. The van der Waals surface area contributed by atoms with Crippen LogP contribution in [0, 0.1) is 13.8 Å². The summed E-state index contributed by atoms with van der Waals surface area (Å²) in [6.07, 6.45) is 10.6. The van der Waals surface area contributed by atoms with E-state index in [4.69, 9.17) is 4.74 Å². The van der Waals surface area contributed by atoms with Gasteiger partial charge in [0.1, 0.15) is 18.6 Å². The molecule has 2 nitrogen and oxygen atoms in total. The van der Waals surface area contributed by atoms with Crippen LogP contribution in [0.25, 0.3) is 11.3 Å². The molecule has 0 aliphatic carbocycles. The topological polar surface area (TPSA) is 12.2 Å². The molecule has 7 heteroatoms. The molecule has 0 spiro atoms. The van der Waals surface area contributed by atoms with Crippen LogP contribution in [0.3, 0.4) is 0 Å². The number of hydrogen-bond donors (Lipinski definition) is 0. The van der Waals surface area contributed by atoms with Crippen LogP contribution in [0.15, 0.2) is 109 Å². The van der Waals surface area contributed by atoms with Crippen LogP contribution < -0.4 is 4.70 Å². The number of benzene rings is 3. The van der Waals surface area contributed by atoms with Gasteiger partial charge in [-0.05, 0) is 57.1 Å². The molecule has 0 N–H and O–H groups in total. The van der Waals surface area contributed by atoms with Gasteiger partial charge in [0.25, 0.3) is 0 Å². The molecule has 0 fully saturated rings. The van der Waals surface area contributed by atoms with Crippen molar-refractivity contribution in [2.24, 2.45) is 0 Å². The van der Waals surface area contributed by atoms with Crippen LogP contribution in [0.1, 0.15) is 41.7 Å². The average Bonchev–Trinajstić information content (AvgIpc) is 3.09. The summed E-state index contributed by atoms with van der Waals surface area (Å²) >= 11 is 0. The minimum absolute atomic E-state index is 0. The number of fused-ring (bicyclic) bond motifs is 1. The lowest BCUT2D eigenvalue weighted by Gasteiger charge is -2.18. The maximum Gasteiger partial charge on any atom is 0.762 e. The van der Waals surface area contributed by atoms with E-state index < -0.39 is 7.54 Å². The Labute approximate surface area is 234 Å². The summed E-state index contributed by atoms with van der Waals surface area (Å²) in [5.41, 5.74) is 9.73. The first kappa shape index (κ1) is 30.4. The number of hydrogen-bond acceptors (Lipinski definition) is 1. The summed E-state index contributed by atoms with van der Waals surface area (Å²) in [5, 5.41) is 0. The summed E-state index contributed by atoms with van der Waals surface area (Å²) in [6.45, 7) is 8.79. The van der Waals surface area contributed by atoms with Crippen molar-refractivity contribution in [3.05, 3.63) is 137 Å².